The Bertz CT molecular complexity index is 537. The minimum absolute atomic E-state index is 0.664. The third-order valence-corrected chi connectivity index (χ3v) is 4.93. The van der Waals surface area contributed by atoms with Crippen LogP contribution in [0.3, 0.4) is 0 Å². The van der Waals surface area contributed by atoms with E-state index in [4.69, 9.17) is 23.2 Å². The molecule has 0 spiro atoms. The highest BCUT2D eigenvalue weighted by Crippen LogP contribution is 2.39. The van der Waals surface area contributed by atoms with Gasteiger partial charge in [0.15, 0.2) is 0 Å². The molecule has 0 amide bonds. The molecule has 104 valence electrons. The maximum Gasteiger partial charge on any atom is 0.150 e. The Morgan fingerprint density at radius 3 is 2.68 bits per heavy atom. The van der Waals surface area contributed by atoms with Crippen LogP contribution in [0.15, 0.2) is 6.07 Å². The van der Waals surface area contributed by atoms with Crippen molar-refractivity contribution in [2.45, 2.75) is 20.3 Å². The number of aromatic nitrogens is 2. The number of halogens is 2. The molecule has 0 atom stereocenters. The van der Waals surface area contributed by atoms with Gasteiger partial charge in [-0.25, -0.2) is 0 Å². The van der Waals surface area contributed by atoms with Gasteiger partial charge in [0, 0.05) is 18.5 Å². The van der Waals surface area contributed by atoms with Gasteiger partial charge in [0.05, 0.1) is 4.34 Å². The van der Waals surface area contributed by atoms with Crippen molar-refractivity contribution >= 4 is 45.9 Å². The summed E-state index contributed by atoms with van der Waals surface area (Å²) in [5, 5.41) is 13.6. The minimum atomic E-state index is 0.664. The van der Waals surface area contributed by atoms with E-state index in [1.165, 1.54) is 11.3 Å². The first kappa shape index (κ1) is 15.2. The van der Waals surface area contributed by atoms with Crippen molar-refractivity contribution in [1.29, 1.82) is 0 Å². The lowest BCUT2D eigenvalue weighted by molar-refractivity contribution is 0.553. The van der Waals surface area contributed by atoms with E-state index in [1.54, 1.807) is 11.3 Å². The molecule has 2 heterocycles. The van der Waals surface area contributed by atoms with E-state index in [2.05, 4.69) is 29.4 Å². The number of hydrogen-bond acceptors (Lipinski definition) is 5. The number of thiophene rings is 1. The molecule has 0 aliphatic carbocycles. The molecule has 2 aromatic rings. The Balaban J connectivity index is 1.94. The lowest BCUT2D eigenvalue weighted by atomic mass is 10.2. The van der Waals surface area contributed by atoms with Gasteiger partial charge in [0.2, 0.25) is 0 Å². The van der Waals surface area contributed by atoms with Crippen molar-refractivity contribution in [2.75, 3.05) is 13.1 Å². The zero-order valence-electron chi connectivity index (χ0n) is 10.7. The smallest absolute Gasteiger partial charge is 0.150 e. The van der Waals surface area contributed by atoms with Crippen LogP contribution in [0, 0.1) is 5.92 Å². The summed E-state index contributed by atoms with van der Waals surface area (Å²) in [7, 11) is 0. The van der Waals surface area contributed by atoms with Crippen LogP contribution in [0.1, 0.15) is 18.9 Å². The van der Waals surface area contributed by atoms with Crippen molar-refractivity contribution in [1.82, 2.24) is 15.5 Å². The number of nitrogens with one attached hydrogen (secondary N) is 1. The fourth-order valence-corrected chi connectivity index (χ4v) is 3.98. The van der Waals surface area contributed by atoms with Crippen molar-refractivity contribution in [2.24, 2.45) is 5.92 Å². The Morgan fingerprint density at radius 2 is 2.05 bits per heavy atom. The Hall–Kier alpha value is -0.200. The van der Waals surface area contributed by atoms with Crippen LogP contribution in [-0.2, 0) is 6.42 Å². The second-order valence-corrected chi connectivity index (χ2v) is 7.93. The summed E-state index contributed by atoms with van der Waals surface area (Å²) >= 11 is 15.0. The van der Waals surface area contributed by atoms with E-state index in [9.17, 15) is 0 Å². The van der Waals surface area contributed by atoms with E-state index in [-0.39, 0.29) is 0 Å². The Kier molecular flexibility index (Phi) is 5.59. The molecule has 3 nitrogen and oxygen atoms in total. The standard InChI is InChI=1S/C12H15Cl2N3S2/c1-7(2)6-15-4-3-10-16-17-12(19-10)8-5-9(13)18-11(8)14/h5,7,15H,3-4,6H2,1-2H3. The molecule has 2 aromatic heterocycles. The van der Waals surface area contributed by atoms with Crippen molar-refractivity contribution in [3.05, 3.63) is 19.7 Å². The first-order chi connectivity index (χ1) is 9.06. The van der Waals surface area contributed by atoms with Crippen molar-refractivity contribution in [3.63, 3.8) is 0 Å². The molecule has 0 radical (unpaired) electrons. The van der Waals surface area contributed by atoms with Crippen LogP contribution in [0.5, 0.6) is 0 Å². The average Bonchev–Trinajstić information content (AvgIpc) is 2.91. The normalized spacial score (nSPS) is 11.4. The quantitative estimate of drug-likeness (QED) is 0.797. The molecule has 0 unspecified atom stereocenters. The lowest BCUT2D eigenvalue weighted by Crippen LogP contribution is -2.22. The average molecular weight is 336 g/mol. The van der Waals surface area contributed by atoms with Crippen LogP contribution >= 0.6 is 45.9 Å². The van der Waals surface area contributed by atoms with Gasteiger partial charge in [-0.15, -0.1) is 21.5 Å². The summed E-state index contributed by atoms with van der Waals surface area (Å²) in [6.07, 6.45) is 0.889. The Labute approximate surface area is 131 Å². The van der Waals surface area contributed by atoms with Crippen molar-refractivity contribution < 1.29 is 0 Å². The van der Waals surface area contributed by atoms with Gasteiger partial charge < -0.3 is 5.32 Å². The monoisotopic (exact) mass is 335 g/mol. The van der Waals surface area contributed by atoms with E-state index in [0.29, 0.717) is 14.6 Å². The fraction of sp³-hybridized carbons (Fsp3) is 0.500. The zero-order valence-corrected chi connectivity index (χ0v) is 13.9. The van der Waals surface area contributed by atoms with Gasteiger partial charge in [-0.2, -0.15) is 0 Å². The molecule has 0 saturated heterocycles. The van der Waals surface area contributed by atoms with Gasteiger partial charge in [0.1, 0.15) is 14.4 Å². The van der Waals surface area contributed by atoms with Gasteiger partial charge >= 0.3 is 0 Å². The van der Waals surface area contributed by atoms with Gasteiger partial charge in [-0.05, 0) is 18.5 Å². The molecule has 0 aliphatic heterocycles. The van der Waals surface area contributed by atoms with Crippen molar-refractivity contribution in [3.8, 4) is 10.6 Å². The third-order valence-electron chi connectivity index (χ3n) is 2.42. The second-order valence-electron chi connectivity index (χ2n) is 4.59. The summed E-state index contributed by atoms with van der Waals surface area (Å²) in [5.41, 5.74) is 0.885. The molecule has 2 rings (SSSR count). The topological polar surface area (TPSA) is 37.8 Å². The van der Waals surface area contributed by atoms with Crippen LogP contribution in [-0.4, -0.2) is 23.3 Å². The summed E-state index contributed by atoms with van der Waals surface area (Å²) in [6, 6.07) is 1.84. The molecule has 7 heteroatoms. The molecule has 19 heavy (non-hydrogen) atoms. The molecule has 0 aliphatic rings. The van der Waals surface area contributed by atoms with Crippen LogP contribution in [0.25, 0.3) is 10.6 Å². The second kappa shape index (κ2) is 6.99. The summed E-state index contributed by atoms with van der Waals surface area (Å²) < 4.78 is 1.35. The lowest BCUT2D eigenvalue weighted by Gasteiger charge is -2.05. The van der Waals surface area contributed by atoms with Gasteiger partial charge in [-0.3, -0.25) is 0 Å². The molecule has 0 aromatic carbocycles. The van der Waals surface area contributed by atoms with Crippen LogP contribution in [0.4, 0.5) is 0 Å². The van der Waals surface area contributed by atoms with E-state index in [0.717, 1.165) is 35.1 Å². The Morgan fingerprint density at radius 1 is 1.26 bits per heavy atom. The zero-order chi connectivity index (χ0) is 13.8. The van der Waals surface area contributed by atoms with Crippen LogP contribution in [0.2, 0.25) is 8.67 Å². The summed E-state index contributed by atoms with van der Waals surface area (Å²) in [4.78, 5) is 0. The molecule has 0 bridgehead atoms. The summed E-state index contributed by atoms with van der Waals surface area (Å²) in [5.74, 6) is 0.664. The molecular formula is C12H15Cl2N3S2. The maximum atomic E-state index is 6.11. The maximum absolute atomic E-state index is 6.11. The molecule has 0 saturated carbocycles. The van der Waals surface area contributed by atoms with E-state index < -0.39 is 0 Å². The fourth-order valence-electron chi connectivity index (χ4n) is 1.54. The highest BCUT2D eigenvalue weighted by Gasteiger charge is 2.13. The molecule has 0 fully saturated rings. The molecular weight excluding hydrogens is 321 g/mol. The minimum Gasteiger partial charge on any atom is -0.316 e. The van der Waals surface area contributed by atoms with Gasteiger partial charge in [-0.1, -0.05) is 48.4 Å². The van der Waals surface area contributed by atoms with Gasteiger partial charge in [0.25, 0.3) is 0 Å². The number of hydrogen-bond donors (Lipinski definition) is 1. The third kappa shape index (κ3) is 4.39. The van der Waals surface area contributed by atoms with E-state index in [1.807, 2.05) is 6.07 Å². The predicted octanol–water partition coefficient (Wildman–Crippen LogP) is 4.36. The number of rotatable bonds is 6. The van der Waals surface area contributed by atoms with E-state index >= 15 is 0 Å². The largest absolute Gasteiger partial charge is 0.316 e. The summed E-state index contributed by atoms with van der Waals surface area (Å²) in [6.45, 7) is 6.33. The first-order valence-corrected chi connectivity index (χ1v) is 8.43. The predicted molar refractivity (Wildman–Crippen MR) is 84.7 cm³/mol. The van der Waals surface area contributed by atoms with Crippen LogP contribution < -0.4 is 5.32 Å². The molecule has 1 N–H and O–H groups in total. The highest BCUT2D eigenvalue weighted by molar-refractivity contribution is 7.21. The number of nitrogens with zero attached hydrogens (tertiary/aromatic N) is 2. The highest BCUT2D eigenvalue weighted by atomic mass is 35.5. The SMILES string of the molecule is CC(C)CNCCc1nnc(-c2cc(Cl)sc2Cl)s1. The first-order valence-electron chi connectivity index (χ1n) is 6.04.